The molecule has 0 spiro atoms. The lowest BCUT2D eigenvalue weighted by atomic mass is 9.97. The second kappa shape index (κ2) is 9.91. The van der Waals surface area contributed by atoms with Gasteiger partial charge in [0.2, 0.25) is 5.91 Å². The topological polar surface area (TPSA) is 84.4 Å². The summed E-state index contributed by atoms with van der Waals surface area (Å²) in [5, 5.41) is 4.53. The predicted octanol–water partition coefficient (Wildman–Crippen LogP) is 3.34. The lowest BCUT2D eigenvalue weighted by molar-refractivity contribution is -0.151. The largest absolute Gasteiger partial charge is 0.466 e. The minimum Gasteiger partial charge on any atom is -0.466 e. The van der Waals surface area contributed by atoms with Crippen molar-refractivity contribution in [1.29, 1.82) is 0 Å². The number of ether oxygens (including phenoxy) is 1. The molecule has 1 aliphatic heterocycles. The fraction of sp³-hybridized carbons (Fsp3) is 0.524. The summed E-state index contributed by atoms with van der Waals surface area (Å²) in [6, 6.07) is 7.85. The SMILES string of the molecule is CCNc1nc(SC(C)C(=O)N2CCC(C(=O)OCC)CC2)nc2ccccc12. The molecule has 1 aromatic heterocycles. The van der Waals surface area contributed by atoms with E-state index >= 15 is 0 Å². The van der Waals surface area contributed by atoms with Crippen molar-refractivity contribution in [2.45, 2.75) is 44.0 Å². The van der Waals surface area contributed by atoms with Gasteiger partial charge in [-0.05, 0) is 45.7 Å². The number of aromatic nitrogens is 2. The van der Waals surface area contributed by atoms with Crippen LogP contribution in [0.5, 0.6) is 0 Å². The van der Waals surface area contributed by atoms with Crippen LogP contribution in [0.15, 0.2) is 29.4 Å². The Morgan fingerprint density at radius 3 is 2.66 bits per heavy atom. The third kappa shape index (κ3) is 5.18. The lowest BCUT2D eigenvalue weighted by Gasteiger charge is -2.32. The number of nitrogens with one attached hydrogen (secondary N) is 1. The van der Waals surface area contributed by atoms with Gasteiger partial charge in [-0.25, -0.2) is 9.97 Å². The van der Waals surface area contributed by atoms with Gasteiger partial charge < -0.3 is 15.0 Å². The van der Waals surface area contributed by atoms with Crippen molar-refractivity contribution >= 4 is 40.4 Å². The predicted molar refractivity (Wildman–Crippen MR) is 115 cm³/mol. The van der Waals surface area contributed by atoms with Gasteiger partial charge in [0.25, 0.3) is 0 Å². The van der Waals surface area contributed by atoms with Gasteiger partial charge in [-0.1, -0.05) is 23.9 Å². The Bertz CT molecular complexity index is 868. The standard InChI is InChI=1S/C21H28N4O3S/c1-4-22-18-16-8-6-7-9-17(16)23-21(24-18)29-14(3)19(26)25-12-10-15(11-13-25)20(27)28-5-2/h6-9,14-15H,4-5,10-13H2,1-3H3,(H,22,23,24). The summed E-state index contributed by atoms with van der Waals surface area (Å²) in [6.07, 6.45) is 1.30. The molecule has 7 nitrogen and oxygen atoms in total. The smallest absolute Gasteiger partial charge is 0.309 e. The highest BCUT2D eigenvalue weighted by atomic mass is 32.2. The van der Waals surface area contributed by atoms with Crippen LogP contribution in [0.25, 0.3) is 10.9 Å². The van der Waals surface area contributed by atoms with E-state index in [1.807, 2.05) is 49.9 Å². The summed E-state index contributed by atoms with van der Waals surface area (Å²) in [6.45, 7) is 8.03. The second-order valence-electron chi connectivity index (χ2n) is 7.01. The van der Waals surface area contributed by atoms with Crippen LogP contribution >= 0.6 is 11.8 Å². The van der Waals surface area contributed by atoms with Gasteiger partial charge in [0.1, 0.15) is 5.82 Å². The number of anilines is 1. The van der Waals surface area contributed by atoms with E-state index < -0.39 is 0 Å². The minimum atomic E-state index is -0.301. The van der Waals surface area contributed by atoms with Crippen LogP contribution in [-0.2, 0) is 14.3 Å². The summed E-state index contributed by atoms with van der Waals surface area (Å²) in [5.41, 5.74) is 0.857. The Morgan fingerprint density at radius 2 is 1.97 bits per heavy atom. The second-order valence-corrected chi connectivity index (χ2v) is 8.32. The highest BCUT2D eigenvalue weighted by Gasteiger charge is 2.30. The number of rotatable bonds is 7. The molecule has 1 amide bonds. The Morgan fingerprint density at radius 1 is 1.24 bits per heavy atom. The number of para-hydroxylation sites is 1. The maximum atomic E-state index is 12.9. The molecular weight excluding hydrogens is 388 g/mol. The highest BCUT2D eigenvalue weighted by Crippen LogP contribution is 2.28. The lowest BCUT2D eigenvalue weighted by Crippen LogP contribution is -2.43. The minimum absolute atomic E-state index is 0.0547. The number of fused-ring (bicyclic) bond motifs is 1. The molecule has 156 valence electrons. The zero-order valence-electron chi connectivity index (χ0n) is 17.2. The van der Waals surface area contributed by atoms with E-state index in [-0.39, 0.29) is 23.0 Å². The van der Waals surface area contributed by atoms with Crippen LogP contribution in [-0.4, -0.2) is 58.2 Å². The fourth-order valence-electron chi connectivity index (χ4n) is 3.47. The number of hydrogen-bond donors (Lipinski definition) is 1. The quantitative estimate of drug-likeness (QED) is 0.421. The van der Waals surface area contributed by atoms with Crippen LogP contribution in [0, 0.1) is 5.92 Å². The first-order valence-corrected chi connectivity index (χ1v) is 11.0. The molecule has 8 heteroatoms. The third-order valence-electron chi connectivity index (χ3n) is 4.98. The van der Waals surface area contributed by atoms with Crippen molar-refractivity contribution in [3.63, 3.8) is 0 Å². The van der Waals surface area contributed by atoms with Gasteiger partial charge in [-0.2, -0.15) is 0 Å². The monoisotopic (exact) mass is 416 g/mol. The average Bonchev–Trinajstić information content (AvgIpc) is 2.73. The number of likely N-dealkylation sites (tertiary alicyclic amines) is 1. The van der Waals surface area contributed by atoms with Crippen LogP contribution in [0.1, 0.15) is 33.6 Å². The van der Waals surface area contributed by atoms with Crippen molar-refractivity contribution in [3.8, 4) is 0 Å². The van der Waals surface area contributed by atoms with Crippen molar-refractivity contribution < 1.29 is 14.3 Å². The number of thioether (sulfide) groups is 1. The van der Waals surface area contributed by atoms with Gasteiger partial charge >= 0.3 is 5.97 Å². The van der Waals surface area contributed by atoms with Gasteiger partial charge in [-0.15, -0.1) is 0 Å². The summed E-state index contributed by atoms with van der Waals surface area (Å²) < 4.78 is 5.10. The normalized spacial score (nSPS) is 15.9. The van der Waals surface area contributed by atoms with Crippen LogP contribution < -0.4 is 5.32 Å². The maximum absolute atomic E-state index is 12.9. The Balaban J connectivity index is 1.65. The molecule has 1 fully saturated rings. The summed E-state index contributed by atoms with van der Waals surface area (Å²) in [4.78, 5) is 35.9. The zero-order chi connectivity index (χ0) is 20.8. The fourth-order valence-corrected chi connectivity index (χ4v) is 4.33. The Kier molecular flexibility index (Phi) is 7.30. The molecule has 1 aliphatic rings. The molecule has 1 saturated heterocycles. The van der Waals surface area contributed by atoms with Crippen molar-refractivity contribution in [2.75, 3.05) is 31.6 Å². The highest BCUT2D eigenvalue weighted by molar-refractivity contribution is 8.00. The van der Waals surface area contributed by atoms with E-state index in [1.165, 1.54) is 11.8 Å². The molecule has 1 unspecified atom stereocenters. The molecule has 1 aromatic carbocycles. The molecular formula is C21H28N4O3S. The summed E-state index contributed by atoms with van der Waals surface area (Å²) in [7, 11) is 0. The number of piperidine rings is 1. The summed E-state index contributed by atoms with van der Waals surface area (Å²) >= 11 is 1.37. The number of hydrogen-bond acceptors (Lipinski definition) is 7. The van der Waals surface area contributed by atoms with E-state index in [2.05, 4.69) is 15.3 Å². The van der Waals surface area contributed by atoms with E-state index in [9.17, 15) is 9.59 Å². The molecule has 0 aliphatic carbocycles. The molecule has 0 bridgehead atoms. The van der Waals surface area contributed by atoms with Crippen LogP contribution in [0.4, 0.5) is 5.82 Å². The van der Waals surface area contributed by atoms with Gasteiger partial charge in [0.15, 0.2) is 5.16 Å². The first kappa shape index (κ1) is 21.4. The number of amides is 1. The Hall–Kier alpha value is -2.35. The molecule has 0 saturated carbocycles. The van der Waals surface area contributed by atoms with Gasteiger partial charge in [0.05, 0.1) is 23.3 Å². The zero-order valence-corrected chi connectivity index (χ0v) is 18.0. The molecule has 1 atom stereocenters. The average molecular weight is 417 g/mol. The Labute approximate surface area is 175 Å². The molecule has 29 heavy (non-hydrogen) atoms. The van der Waals surface area contributed by atoms with Gasteiger partial charge in [0, 0.05) is 25.0 Å². The molecule has 2 heterocycles. The van der Waals surface area contributed by atoms with Crippen LogP contribution in [0.2, 0.25) is 0 Å². The van der Waals surface area contributed by atoms with Gasteiger partial charge in [-0.3, -0.25) is 9.59 Å². The van der Waals surface area contributed by atoms with E-state index in [0.717, 1.165) is 23.3 Å². The van der Waals surface area contributed by atoms with E-state index in [1.54, 1.807) is 0 Å². The first-order valence-electron chi connectivity index (χ1n) is 10.2. The third-order valence-corrected chi connectivity index (χ3v) is 5.93. The van der Waals surface area contributed by atoms with Crippen LogP contribution in [0.3, 0.4) is 0 Å². The van der Waals surface area contributed by atoms with Crippen molar-refractivity contribution in [3.05, 3.63) is 24.3 Å². The molecule has 0 radical (unpaired) electrons. The first-order chi connectivity index (χ1) is 14.0. The van der Waals surface area contributed by atoms with Crippen molar-refractivity contribution in [2.24, 2.45) is 5.92 Å². The summed E-state index contributed by atoms with van der Waals surface area (Å²) in [5.74, 6) is 0.588. The maximum Gasteiger partial charge on any atom is 0.309 e. The number of carbonyl (C=O) groups is 2. The molecule has 1 N–H and O–H groups in total. The number of benzene rings is 1. The number of nitrogens with zero attached hydrogens (tertiary/aromatic N) is 3. The molecule has 3 rings (SSSR count). The van der Waals surface area contributed by atoms with Crippen molar-refractivity contribution in [1.82, 2.24) is 14.9 Å². The number of esters is 1. The van der Waals surface area contributed by atoms with E-state index in [0.29, 0.717) is 37.7 Å². The molecule has 2 aromatic rings. The number of carbonyl (C=O) groups excluding carboxylic acids is 2. The van der Waals surface area contributed by atoms with E-state index in [4.69, 9.17) is 4.74 Å².